The Balaban J connectivity index is 2.85. The van der Waals surface area contributed by atoms with E-state index in [1.165, 1.54) is 0 Å². The maximum absolute atomic E-state index is 10.2. The van der Waals surface area contributed by atoms with E-state index in [0.29, 0.717) is 0 Å². The summed E-state index contributed by atoms with van der Waals surface area (Å²) < 4.78 is 0. The summed E-state index contributed by atoms with van der Waals surface area (Å²) >= 11 is 0. The average Bonchev–Trinajstić information content (AvgIpc) is 2.32. The van der Waals surface area contributed by atoms with E-state index in [2.05, 4.69) is 15.4 Å². The van der Waals surface area contributed by atoms with Gasteiger partial charge in [0.1, 0.15) is 0 Å². The average molecular weight is 158 g/mol. The van der Waals surface area contributed by atoms with Crippen molar-refractivity contribution in [3.05, 3.63) is 10.1 Å². The lowest BCUT2D eigenvalue weighted by Gasteiger charge is -1.94. The Labute approximate surface area is 59.4 Å². The van der Waals surface area contributed by atoms with Gasteiger partial charge in [0.05, 0.1) is 4.92 Å². The van der Waals surface area contributed by atoms with Crippen LogP contribution in [-0.2, 0) is 4.79 Å². The molecule has 8 nitrogen and oxygen atoms in total. The van der Waals surface area contributed by atoms with Crippen molar-refractivity contribution < 1.29 is 14.8 Å². The lowest BCUT2D eigenvalue weighted by atomic mass is 10.3. The van der Waals surface area contributed by atoms with Gasteiger partial charge in [0.2, 0.25) is 5.71 Å². The Morgan fingerprint density at radius 1 is 1.73 bits per heavy atom. The van der Waals surface area contributed by atoms with Crippen LogP contribution in [0.4, 0.5) is 0 Å². The van der Waals surface area contributed by atoms with Crippen LogP contribution in [0.25, 0.3) is 0 Å². The molecule has 0 bridgehead atoms. The van der Waals surface area contributed by atoms with Crippen LogP contribution in [0.15, 0.2) is 15.4 Å². The normalized spacial score (nSPS) is 21.5. The summed E-state index contributed by atoms with van der Waals surface area (Å²) in [4.78, 5) is 19.3. The third-order valence-corrected chi connectivity index (χ3v) is 0.977. The smallest absolute Gasteiger partial charge is 0.373 e. The number of aliphatic carboxylic acids is 1. The molecule has 1 atom stereocenters. The molecular formula is C3H2N4O4. The molecule has 0 aromatic carbocycles. The molecule has 58 valence electrons. The zero-order chi connectivity index (χ0) is 8.43. The van der Waals surface area contributed by atoms with Crippen LogP contribution >= 0.6 is 0 Å². The molecule has 8 heteroatoms. The van der Waals surface area contributed by atoms with E-state index in [4.69, 9.17) is 5.11 Å². The first-order valence-corrected chi connectivity index (χ1v) is 2.47. The summed E-state index contributed by atoms with van der Waals surface area (Å²) in [5, 5.41) is 27.1. The molecule has 0 saturated heterocycles. The highest BCUT2D eigenvalue weighted by atomic mass is 16.6. The molecule has 1 heterocycles. The van der Waals surface area contributed by atoms with Gasteiger partial charge in [-0.15, -0.1) is 5.10 Å². The highest BCUT2D eigenvalue weighted by Gasteiger charge is 2.36. The minimum Gasteiger partial charge on any atom is -0.476 e. The molecule has 1 aliphatic heterocycles. The lowest BCUT2D eigenvalue weighted by molar-refractivity contribution is -0.500. The molecule has 11 heavy (non-hydrogen) atoms. The molecule has 0 amide bonds. The van der Waals surface area contributed by atoms with Crippen molar-refractivity contribution >= 4 is 11.7 Å². The van der Waals surface area contributed by atoms with Crippen LogP contribution in [-0.4, -0.2) is 27.9 Å². The highest BCUT2D eigenvalue weighted by molar-refractivity contribution is 6.37. The molecule has 0 spiro atoms. The van der Waals surface area contributed by atoms with Gasteiger partial charge in [-0.3, -0.25) is 10.1 Å². The first-order valence-electron chi connectivity index (χ1n) is 2.47. The Hall–Kier alpha value is -1.86. The first-order chi connectivity index (χ1) is 5.13. The minimum absolute atomic E-state index is 0.657. The maximum atomic E-state index is 10.2. The fraction of sp³-hybridized carbons (Fsp3) is 0.333. The monoisotopic (exact) mass is 158 g/mol. The molecule has 0 aliphatic carbocycles. The van der Waals surface area contributed by atoms with Gasteiger partial charge >= 0.3 is 12.1 Å². The van der Waals surface area contributed by atoms with Crippen molar-refractivity contribution in [1.29, 1.82) is 0 Å². The van der Waals surface area contributed by atoms with Gasteiger partial charge in [0.15, 0.2) is 0 Å². The third kappa shape index (κ3) is 1.18. The highest BCUT2D eigenvalue weighted by Crippen LogP contribution is 2.05. The first kappa shape index (κ1) is 7.25. The summed E-state index contributed by atoms with van der Waals surface area (Å²) in [5.41, 5.74) is -0.657. The van der Waals surface area contributed by atoms with E-state index in [-0.39, 0.29) is 0 Å². The van der Waals surface area contributed by atoms with Crippen LogP contribution in [0.2, 0.25) is 0 Å². The van der Waals surface area contributed by atoms with E-state index in [9.17, 15) is 14.9 Å². The van der Waals surface area contributed by atoms with Gasteiger partial charge in [-0.1, -0.05) is 5.11 Å². The summed E-state index contributed by atoms with van der Waals surface area (Å²) in [5.74, 6) is -1.48. The van der Waals surface area contributed by atoms with Crippen molar-refractivity contribution in [2.45, 2.75) is 6.17 Å². The predicted octanol–water partition coefficient (Wildman–Crippen LogP) is -0.504. The molecule has 1 rings (SSSR count). The molecule has 0 unspecified atom stereocenters. The van der Waals surface area contributed by atoms with Gasteiger partial charge in [-0.25, -0.2) is 4.79 Å². The second kappa shape index (κ2) is 2.40. The second-order valence-corrected chi connectivity index (χ2v) is 1.65. The summed E-state index contributed by atoms with van der Waals surface area (Å²) in [6.45, 7) is 0. The standard InChI is InChI=1S/C3H2N4O4/c8-3(9)1-2(7(10)11)5-6-4-1/h2H,(H,8,9)/t2-/m1/s1. The zero-order valence-corrected chi connectivity index (χ0v) is 5.04. The van der Waals surface area contributed by atoms with E-state index >= 15 is 0 Å². The maximum Gasteiger partial charge on any atom is 0.373 e. The molecule has 0 saturated carbocycles. The van der Waals surface area contributed by atoms with Gasteiger partial charge < -0.3 is 5.11 Å². The van der Waals surface area contributed by atoms with Crippen LogP contribution in [0.5, 0.6) is 0 Å². The van der Waals surface area contributed by atoms with Crippen molar-refractivity contribution in [3.63, 3.8) is 0 Å². The number of hydrogen-bond donors (Lipinski definition) is 1. The van der Waals surface area contributed by atoms with Crippen LogP contribution in [0.1, 0.15) is 0 Å². The fourth-order valence-electron chi connectivity index (χ4n) is 0.524. The van der Waals surface area contributed by atoms with Crippen LogP contribution in [0.3, 0.4) is 0 Å². The molecule has 0 fully saturated rings. The number of carboxylic acids is 1. The van der Waals surface area contributed by atoms with Crippen molar-refractivity contribution in [2.24, 2.45) is 15.4 Å². The quantitative estimate of drug-likeness (QED) is 0.430. The molecule has 0 radical (unpaired) electrons. The lowest BCUT2D eigenvalue weighted by Crippen LogP contribution is -2.31. The molecule has 0 aromatic heterocycles. The number of hydrogen-bond acceptors (Lipinski definition) is 6. The molecule has 0 aromatic rings. The fourth-order valence-corrected chi connectivity index (χ4v) is 0.524. The van der Waals surface area contributed by atoms with Crippen molar-refractivity contribution in [2.75, 3.05) is 0 Å². The summed E-state index contributed by atoms with van der Waals surface area (Å²) in [6, 6.07) is 0. The predicted molar refractivity (Wildman–Crippen MR) is 30.7 cm³/mol. The van der Waals surface area contributed by atoms with E-state index in [0.717, 1.165) is 0 Å². The number of rotatable bonds is 2. The zero-order valence-electron chi connectivity index (χ0n) is 5.04. The van der Waals surface area contributed by atoms with Gasteiger partial charge in [0, 0.05) is 0 Å². The Morgan fingerprint density at radius 2 is 2.36 bits per heavy atom. The topological polar surface area (TPSA) is 118 Å². The van der Waals surface area contributed by atoms with Crippen molar-refractivity contribution in [1.82, 2.24) is 0 Å². The van der Waals surface area contributed by atoms with Crippen LogP contribution in [0, 0.1) is 10.1 Å². The third-order valence-electron chi connectivity index (χ3n) is 0.977. The Morgan fingerprint density at radius 3 is 2.73 bits per heavy atom. The van der Waals surface area contributed by atoms with Crippen molar-refractivity contribution in [3.8, 4) is 0 Å². The number of nitrogens with zero attached hydrogens (tertiary/aromatic N) is 4. The summed E-state index contributed by atoms with van der Waals surface area (Å²) in [7, 11) is 0. The number of carbonyl (C=O) groups is 1. The number of carboxylic acid groups (broad SMARTS) is 1. The van der Waals surface area contributed by atoms with E-state index in [1.807, 2.05) is 0 Å². The molecule has 1 N–H and O–H groups in total. The SMILES string of the molecule is O=C(O)C1=NN=N[C@@H]1[N+](=O)[O-]. The van der Waals surface area contributed by atoms with E-state index in [1.54, 1.807) is 0 Å². The van der Waals surface area contributed by atoms with Gasteiger partial charge in [-0.05, 0) is 5.22 Å². The molecular weight excluding hydrogens is 156 g/mol. The van der Waals surface area contributed by atoms with Crippen LogP contribution < -0.4 is 0 Å². The van der Waals surface area contributed by atoms with E-state index < -0.39 is 22.8 Å². The Bertz CT molecular complexity index is 269. The van der Waals surface area contributed by atoms with Gasteiger partial charge in [-0.2, -0.15) is 0 Å². The Kier molecular flexibility index (Phi) is 1.58. The molecule has 1 aliphatic rings. The second-order valence-electron chi connectivity index (χ2n) is 1.65. The largest absolute Gasteiger partial charge is 0.476 e. The van der Waals surface area contributed by atoms with Gasteiger partial charge in [0.25, 0.3) is 0 Å². The number of nitro groups is 1. The minimum atomic E-state index is -1.65. The summed E-state index contributed by atoms with van der Waals surface area (Å²) in [6.07, 6.45) is -1.65.